The molecule has 2 radical (unpaired) electrons. The van der Waals surface area contributed by atoms with Crippen LogP contribution in [0.15, 0.2) is 0 Å². The van der Waals surface area contributed by atoms with Gasteiger partial charge >= 0.3 is 0 Å². The highest BCUT2D eigenvalue weighted by Crippen LogP contribution is 2.41. The van der Waals surface area contributed by atoms with Gasteiger partial charge in [-0.2, -0.15) is 0 Å². The third kappa shape index (κ3) is 1.02. The van der Waals surface area contributed by atoms with Crippen molar-refractivity contribution in [1.82, 2.24) is 0 Å². The molecule has 0 spiro atoms. The quantitative estimate of drug-likeness (QED) is 0.475. The van der Waals surface area contributed by atoms with E-state index in [1.165, 1.54) is 0 Å². The molecule has 0 aliphatic carbocycles. The number of hydrogen-bond donors (Lipinski definition) is 0. The molecule has 2 heterocycles. The maximum Gasteiger partial charge on any atom is 0.109 e. The standard InChI is InChI=1S/C8H13BO2/c1-5-8(2)3-6(4-10-5)7(9)11-8/h5-7H,3-4H2,1-2H3/t5-,6?,7?,8-/m0/s1. The van der Waals surface area contributed by atoms with E-state index in [1.54, 1.807) is 0 Å². The molecule has 0 saturated carbocycles. The van der Waals surface area contributed by atoms with Crippen molar-refractivity contribution in [3.05, 3.63) is 0 Å². The van der Waals surface area contributed by atoms with Gasteiger partial charge in [-0.1, -0.05) is 0 Å². The van der Waals surface area contributed by atoms with Crippen LogP contribution < -0.4 is 0 Å². The molecule has 0 amide bonds. The Bertz CT molecular complexity index is 167. The first-order valence-electron chi connectivity index (χ1n) is 4.17. The molecule has 2 nitrogen and oxygen atoms in total. The van der Waals surface area contributed by atoms with Gasteiger partial charge in [0, 0.05) is 11.9 Å². The third-order valence-electron chi connectivity index (χ3n) is 2.96. The number of rotatable bonds is 0. The van der Waals surface area contributed by atoms with Gasteiger partial charge in [0.1, 0.15) is 7.85 Å². The fourth-order valence-electron chi connectivity index (χ4n) is 1.95. The Kier molecular flexibility index (Phi) is 1.55. The van der Waals surface area contributed by atoms with Gasteiger partial charge in [0.15, 0.2) is 0 Å². The molecule has 11 heavy (non-hydrogen) atoms. The molecular weight excluding hydrogens is 139 g/mol. The van der Waals surface area contributed by atoms with Crippen LogP contribution >= 0.6 is 0 Å². The summed E-state index contributed by atoms with van der Waals surface area (Å²) in [6, 6.07) is -0.107. The Morgan fingerprint density at radius 2 is 2.27 bits per heavy atom. The lowest BCUT2D eigenvalue weighted by molar-refractivity contribution is -0.107. The molecule has 3 heteroatoms. The first kappa shape index (κ1) is 7.62. The summed E-state index contributed by atoms with van der Waals surface area (Å²) in [7, 11) is 5.77. The number of hydrogen-bond acceptors (Lipinski definition) is 2. The van der Waals surface area contributed by atoms with Crippen molar-refractivity contribution in [3.8, 4) is 0 Å². The highest BCUT2D eigenvalue weighted by Gasteiger charge is 2.48. The highest BCUT2D eigenvalue weighted by molar-refractivity contribution is 6.11. The largest absolute Gasteiger partial charge is 0.379 e. The van der Waals surface area contributed by atoms with Crippen LogP contribution in [-0.4, -0.2) is 32.2 Å². The zero-order valence-corrected chi connectivity index (χ0v) is 7.04. The van der Waals surface area contributed by atoms with Gasteiger partial charge in [0.05, 0.1) is 18.3 Å². The van der Waals surface area contributed by atoms with Crippen molar-refractivity contribution in [2.24, 2.45) is 5.92 Å². The first-order chi connectivity index (χ1) is 5.12. The summed E-state index contributed by atoms with van der Waals surface area (Å²) in [5, 5.41) is 0. The molecular formula is C8H13BO2. The lowest BCUT2D eigenvalue weighted by atomic mass is 9.82. The smallest absolute Gasteiger partial charge is 0.109 e. The minimum atomic E-state index is -0.123. The average Bonchev–Trinajstić information content (AvgIpc) is 2.18. The van der Waals surface area contributed by atoms with Gasteiger partial charge < -0.3 is 9.47 Å². The Hall–Kier alpha value is -0.0151. The average molecular weight is 152 g/mol. The van der Waals surface area contributed by atoms with E-state index >= 15 is 0 Å². The molecule has 0 aromatic carbocycles. The summed E-state index contributed by atoms with van der Waals surface area (Å²) >= 11 is 0. The van der Waals surface area contributed by atoms with E-state index < -0.39 is 0 Å². The van der Waals surface area contributed by atoms with Gasteiger partial charge in [-0.05, 0) is 20.3 Å². The number of ether oxygens (including phenoxy) is 2. The third-order valence-corrected chi connectivity index (χ3v) is 2.96. The molecule has 4 atom stereocenters. The zero-order valence-electron chi connectivity index (χ0n) is 7.04. The topological polar surface area (TPSA) is 18.5 Å². The van der Waals surface area contributed by atoms with Crippen LogP contribution in [0.25, 0.3) is 0 Å². The van der Waals surface area contributed by atoms with Gasteiger partial charge in [-0.15, -0.1) is 0 Å². The lowest BCUT2D eigenvalue weighted by Gasteiger charge is -2.34. The van der Waals surface area contributed by atoms with Crippen LogP contribution in [-0.2, 0) is 9.47 Å². The van der Waals surface area contributed by atoms with Crippen molar-refractivity contribution < 1.29 is 9.47 Å². The molecule has 60 valence electrons. The maximum absolute atomic E-state index is 5.77. The molecule has 2 saturated heterocycles. The molecule has 0 N–H and O–H groups in total. The number of fused-ring (bicyclic) bond motifs is 2. The zero-order chi connectivity index (χ0) is 8.06. The fourth-order valence-corrected chi connectivity index (χ4v) is 1.95. The molecule has 2 aliphatic rings. The maximum atomic E-state index is 5.77. The van der Waals surface area contributed by atoms with Crippen LogP contribution in [0.4, 0.5) is 0 Å². The van der Waals surface area contributed by atoms with E-state index in [0.717, 1.165) is 13.0 Å². The summed E-state index contributed by atoms with van der Waals surface area (Å²) in [6.45, 7) is 4.89. The minimum absolute atomic E-state index is 0.107. The van der Waals surface area contributed by atoms with Crippen LogP contribution in [0.1, 0.15) is 20.3 Å². The summed E-state index contributed by atoms with van der Waals surface area (Å²) in [6.07, 6.45) is 1.24. The lowest BCUT2D eigenvalue weighted by Crippen LogP contribution is -2.42. The normalized spacial score (nSPS) is 56.4. The molecule has 2 bridgehead atoms. The second kappa shape index (κ2) is 2.24. The van der Waals surface area contributed by atoms with Crippen LogP contribution in [0.3, 0.4) is 0 Å². The first-order valence-corrected chi connectivity index (χ1v) is 4.17. The second-order valence-corrected chi connectivity index (χ2v) is 3.83. The van der Waals surface area contributed by atoms with Crippen LogP contribution in [0.2, 0.25) is 0 Å². The van der Waals surface area contributed by atoms with E-state index in [9.17, 15) is 0 Å². The molecule has 0 aromatic rings. The monoisotopic (exact) mass is 152 g/mol. The van der Waals surface area contributed by atoms with E-state index in [0.29, 0.717) is 5.92 Å². The molecule has 2 aliphatic heterocycles. The summed E-state index contributed by atoms with van der Waals surface area (Å²) in [4.78, 5) is 0. The van der Waals surface area contributed by atoms with Gasteiger partial charge in [-0.25, -0.2) is 0 Å². The second-order valence-electron chi connectivity index (χ2n) is 3.83. The van der Waals surface area contributed by atoms with E-state index in [-0.39, 0.29) is 17.7 Å². The summed E-state index contributed by atoms with van der Waals surface area (Å²) < 4.78 is 11.2. The SMILES string of the molecule is [B]C1O[C@@]2(C)CC1CO[C@H]2C. The van der Waals surface area contributed by atoms with E-state index in [2.05, 4.69) is 6.92 Å². The fraction of sp³-hybridized carbons (Fsp3) is 1.00. The molecule has 2 rings (SSSR count). The van der Waals surface area contributed by atoms with Crippen LogP contribution in [0.5, 0.6) is 0 Å². The van der Waals surface area contributed by atoms with E-state index in [4.69, 9.17) is 17.3 Å². The van der Waals surface area contributed by atoms with E-state index in [1.807, 2.05) is 6.92 Å². The molecule has 2 unspecified atom stereocenters. The van der Waals surface area contributed by atoms with Crippen LogP contribution in [0, 0.1) is 5.92 Å². The van der Waals surface area contributed by atoms with Crippen molar-refractivity contribution in [1.29, 1.82) is 0 Å². The predicted octanol–water partition coefficient (Wildman–Crippen LogP) is 0.695. The van der Waals surface area contributed by atoms with Gasteiger partial charge in [0.25, 0.3) is 0 Å². The highest BCUT2D eigenvalue weighted by atomic mass is 16.6. The summed E-state index contributed by atoms with van der Waals surface area (Å²) in [5.41, 5.74) is -0.123. The Morgan fingerprint density at radius 3 is 2.91 bits per heavy atom. The van der Waals surface area contributed by atoms with Gasteiger partial charge in [0.2, 0.25) is 0 Å². The van der Waals surface area contributed by atoms with Crippen molar-refractivity contribution >= 4 is 7.85 Å². The summed E-state index contributed by atoms with van der Waals surface area (Å²) in [5.74, 6) is 0.413. The Morgan fingerprint density at radius 1 is 1.55 bits per heavy atom. The Balaban J connectivity index is 2.20. The van der Waals surface area contributed by atoms with Crippen molar-refractivity contribution in [2.75, 3.05) is 6.61 Å². The minimum Gasteiger partial charge on any atom is -0.379 e. The van der Waals surface area contributed by atoms with Crippen molar-refractivity contribution in [2.45, 2.75) is 38.0 Å². The predicted molar refractivity (Wildman–Crippen MR) is 42.6 cm³/mol. The van der Waals surface area contributed by atoms with Crippen molar-refractivity contribution in [3.63, 3.8) is 0 Å². The molecule has 2 fully saturated rings. The Labute approximate surface area is 68.7 Å². The van der Waals surface area contributed by atoms with Gasteiger partial charge in [-0.3, -0.25) is 0 Å². The molecule has 0 aromatic heterocycles.